The third kappa shape index (κ3) is 2.51. The molecule has 19 heavy (non-hydrogen) atoms. The number of nitrogens with two attached hydrogens (primary N) is 1. The fraction of sp³-hybridized carbons (Fsp3) is 0.0833. The molecule has 100 valence electrons. The molecule has 0 atom stereocenters. The summed E-state index contributed by atoms with van der Waals surface area (Å²) in [7, 11) is -4.04. The largest absolute Gasteiger partial charge is 0.457 e. The van der Waals surface area contributed by atoms with Crippen LogP contribution in [-0.4, -0.2) is 26.0 Å². The number of esters is 1. The van der Waals surface area contributed by atoms with E-state index >= 15 is 0 Å². The zero-order chi connectivity index (χ0) is 14.0. The van der Waals surface area contributed by atoms with E-state index in [0.717, 1.165) is 0 Å². The van der Waals surface area contributed by atoms with Crippen molar-refractivity contribution in [3.8, 4) is 0 Å². The van der Waals surface area contributed by atoms with Crippen molar-refractivity contribution >= 4 is 26.9 Å². The highest BCUT2D eigenvalue weighted by Crippen LogP contribution is 2.26. The van der Waals surface area contributed by atoms with Crippen molar-refractivity contribution in [2.75, 3.05) is 6.61 Å². The molecule has 3 N–H and O–H groups in total. The molecule has 1 aromatic carbocycles. The summed E-state index contributed by atoms with van der Waals surface area (Å²) in [5.74, 6) is -0.792. The molecule has 7 heteroatoms. The number of para-hydroxylation sites is 1. The number of carbonyl (C=O) groups excluding carboxylic acids is 1. The molecule has 2 aromatic rings. The van der Waals surface area contributed by atoms with Gasteiger partial charge in [-0.1, -0.05) is 30.9 Å². The molecule has 0 saturated carbocycles. The predicted octanol–water partition coefficient (Wildman–Crippen LogP) is 1.16. The van der Waals surface area contributed by atoms with E-state index in [0.29, 0.717) is 10.9 Å². The molecule has 0 radical (unpaired) electrons. The predicted molar refractivity (Wildman–Crippen MR) is 70.2 cm³/mol. The van der Waals surface area contributed by atoms with Crippen LogP contribution in [-0.2, 0) is 14.8 Å². The van der Waals surface area contributed by atoms with Gasteiger partial charge in [-0.25, -0.2) is 18.4 Å². The molecular weight excluding hydrogens is 268 g/mol. The van der Waals surface area contributed by atoms with Gasteiger partial charge in [0.05, 0.1) is 0 Å². The molecule has 0 fully saturated rings. The summed E-state index contributed by atoms with van der Waals surface area (Å²) in [5, 5.41) is 5.52. The molecule has 0 bridgehead atoms. The molecule has 0 spiro atoms. The molecule has 0 aliphatic rings. The maximum absolute atomic E-state index is 11.8. The van der Waals surface area contributed by atoms with Crippen LogP contribution in [0.2, 0.25) is 0 Å². The van der Waals surface area contributed by atoms with Gasteiger partial charge in [-0.3, -0.25) is 0 Å². The Kier molecular flexibility index (Phi) is 3.41. The van der Waals surface area contributed by atoms with E-state index in [1.54, 1.807) is 24.3 Å². The molecule has 0 unspecified atom stereocenters. The molecule has 0 aliphatic carbocycles. The van der Waals surface area contributed by atoms with Crippen LogP contribution in [0, 0.1) is 0 Å². The standard InChI is InChI=1S/C12H12N2O4S/c1-2-7-18-12(15)10-11(19(13,16)17)8-5-3-4-6-9(8)14-10/h2-6,14H,1,7H2,(H2,13,16,17). The van der Waals surface area contributed by atoms with E-state index in [9.17, 15) is 13.2 Å². The van der Waals surface area contributed by atoms with Gasteiger partial charge in [0.15, 0.2) is 0 Å². The van der Waals surface area contributed by atoms with Crippen LogP contribution in [0.3, 0.4) is 0 Å². The lowest BCUT2D eigenvalue weighted by atomic mass is 10.2. The second-order valence-corrected chi connectivity index (χ2v) is 5.31. The molecule has 0 aliphatic heterocycles. The molecule has 1 aromatic heterocycles. The van der Waals surface area contributed by atoms with E-state index in [1.807, 2.05) is 0 Å². The third-order valence-corrected chi connectivity index (χ3v) is 3.47. The number of aromatic amines is 1. The second-order valence-electron chi connectivity index (χ2n) is 3.81. The number of ether oxygens (including phenoxy) is 1. The van der Waals surface area contributed by atoms with E-state index in [2.05, 4.69) is 11.6 Å². The van der Waals surface area contributed by atoms with Gasteiger partial charge in [-0.2, -0.15) is 0 Å². The summed E-state index contributed by atoms with van der Waals surface area (Å²) in [6.45, 7) is 3.39. The van der Waals surface area contributed by atoms with Gasteiger partial charge in [0, 0.05) is 10.9 Å². The Bertz CT molecular complexity index is 746. The SMILES string of the molecule is C=CCOC(=O)c1[nH]c2ccccc2c1S(N)(=O)=O. The first-order valence-corrected chi connectivity index (χ1v) is 6.91. The van der Waals surface area contributed by atoms with Crippen LogP contribution in [0.5, 0.6) is 0 Å². The monoisotopic (exact) mass is 280 g/mol. The van der Waals surface area contributed by atoms with Crippen molar-refractivity contribution < 1.29 is 17.9 Å². The van der Waals surface area contributed by atoms with E-state index in [1.165, 1.54) is 6.08 Å². The number of rotatable bonds is 4. The average molecular weight is 280 g/mol. The molecule has 0 saturated heterocycles. The lowest BCUT2D eigenvalue weighted by Crippen LogP contribution is -2.17. The lowest BCUT2D eigenvalue weighted by Gasteiger charge is -2.02. The summed E-state index contributed by atoms with van der Waals surface area (Å²) in [6, 6.07) is 6.58. The number of fused-ring (bicyclic) bond motifs is 1. The van der Waals surface area contributed by atoms with Gasteiger partial charge in [-0.05, 0) is 6.07 Å². The molecular formula is C12H12N2O4S. The Hall–Kier alpha value is -2.12. The van der Waals surface area contributed by atoms with Crippen LogP contribution in [0.1, 0.15) is 10.5 Å². The fourth-order valence-corrected chi connectivity index (χ4v) is 2.67. The van der Waals surface area contributed by atoms with Gasteiger partial charge in [-0.15, -0.1) is 0 Å². The summed E-state index contributed by atoms with van der Waals surface area (Å²) >= 11 is 0. The Labute approximate surface area is 109 Å². The minimum absolute atomic E-state index is 0.0156. The fourth-order valence-electron chi connectivity index (χ4n) is 1.76. The van der Waals surface area contributed by atoms with Crippen LogP contribution in [0.15, 0.2) is 41.8 Å². The molecule has 2 rings (SSSR count). The number of primary sulfonamides is 1. The van der Waals surface area contributed by atoms with Crippen LogP contribution in [0.25, 0.3) is 10.9 Å². The minimum Gasteiger partial charge on any atom is -0.457 e. The Morgan fingerprint density at radius 2 is 2.11 bits per heavy atom. The maximum atomic E-state index is 11.8. The van der Waals surface area contributed by atoms with Gasteiger partial charge in [0.1, 0.15) is 17.2 Å². The van der Waals surface area contributed by atoms with Crippen molar-refractivity contribution in [2.45, 2.75) is 4.90 Å². The third-order valence-electron chi connectivity index (χ3n) is 2.48. The average Bonchev–Trinajstić information content (AvgIpc) is 2.74. The molecule has 1 heterocycles. The summed E-state index contributed by atoms with van der Waals surface area (Å²) < 4.78 is 28.1. The van der Waals surface area contributed by atoms with Gasteiger partial charge in [0.2, 0.25) is 10.0 Å². The first kappa shape index (κ1) is 13.3. The number of benzene rings is 1. The maximum Gasteiger partial charge on any atom is 0.356 e. The smallest absolute Gasteiger partial charge is 0.356 e. The van der Waals surface area contributed by atoms with Crippen molar-refractivity contribution in [1.82, 2.24) is 4.98 Å². The number of sulfonamides is 1. The van der Waals surface area contributed by atoms with Crippen molar-refractivity contribution in [3.63, 3.8) is 0 Å². The van der Waals surface area contributed by atoms with Gasteiger partial charge < -0.3 is 9.72 Å². The zero-order valence-corrected chi connectivity index (χ0v) is 10.7. The summed E-state index contributed by atoms with van der Waals surface area (Å²) in [5.41, 5.74) is 0.322. The topological polar surface area (TPSA) is 102 Å². The lowest BCUT2D eigenvalue weighted by molar-refractivity contribution is 0.0539. The van der Waals surface area contributed by atoms with E-state index in [-0.39, 0.29) is 17.2 Å². The van der Waals surface area contributed by atoms with Gasteiger partial charge >= 0.3 is 5.97 Å². The number of H-pyrrole nitrogens is 1. The van der Waals surface area contributed by atoms with E-state index in [4.69, 9.17) is 9.88 Å². The van der Waals surface area contributed by atoms with Crippen LogP contribution < -0.4 is 5.14 Å². The number of nitrogens with one attached hydrogen (secondary N) is 1. The normalized spacial score (nSPS) is 11.4. The van der Waals surface area contributed by atoms with Crippen LogP contribution in [0.4, 0.5) is 0 Å². The Morgan fingerprint density at radius 1 is 1.42 bits per heavy atom. The Balaban J connectivity index is 2.66. The summed E-state index contributed by atoms with van der Waals surface area (Å²) in [6.07, 6.45) is 1.39. The Morgan fingerprint density at radius 3 is 2.74 bits per heavy atom. The summed E-state index contributed by atoms with van der Waals surface area (Å²) in [4.78, 5) is 14.3. The zero-order valence-electron chi connectivity index (χ0n) is 9.92. The number of carbonyl (C=O) groups is 1. The first-order valence-electron chi connectivity index (χ1n) is 5.36. The van der Waals surface area contributed by atoms with Gasteiger partial charge in [0.25, 0.3) is 0 Å². The second kappa shape index (κ2) is 4.87. The first-order chi connectivity index (χ1) is 8.95. The van der Waals surface area contributed by atoms with Crippen molar-refractivity contribution in [2.24, 2.45) is 5.14 Å². The number of hydrogen-bond acceptors (Lipinski definition) is 4. The highest BCUT2D eigenvalue weighted by atomic mass is 32.2. The highest BCUT2D eigenvalue weighted by molar-refractivity contribution is 7.89. The van der Waals surface area contributed by atoms with Crippen LogP contribution >= 0.6 is 0 Å². The molecule has 6 nitrogen and oxygen atoms in total. The minimum atomic E-state index is -4.04. The van der Waals surface area contributed by atoms with E-state index < -0.39 is 16.0 Å². The number of aromatic nitrogens is 1. The number of hydrogen-bond donors (Lipinski definition) is 2. The molecule has 0 amide bonds. The van der Waals surface area contributed by atoms with Crippen molar-refractivity contribution in [1.29, 1.82) is 0 Å². The quantitative estimate of drug-likeness (QED) is 0.648. The van der Waals surface area contributed by atoms with Crippen molar-refractivity contribution in [3.05, 3.63) is 42.6 Å². The highest BCUT2D eigenvalue weighted by Gasteiger charge is 2.26.